The second-order valence-corrected chi connectivity index (χ2v) is 21.1. The molecule has 0 bridgehead atoms. The average Bonchev–Trinajstić information content (AvgIpc) is 3.24. The first-order valence-corrected chi connectivity index (χ1v) is 28.1. The van der Waals surface area contributed by atoms with Crippen LogP contribution in [0.5, 0.6) is 5.75 Å². The monoisotopic (exact) mass is 1190 g/mol. The van der Waals surface area contributed by atoms with Gasteiger partial charge in [0.05, 0.1) is 18.8 Å². The average molecular weight is 1190 g/mol. The third-order valence-corrected chi connectivity index (χ3v) is 14.2. The molecule has 28 heteroatoms. The number of H-pyrrole nitrogens is 1. The highest BCUT2D eigenvalue weighted by Crippen LogP contribution is 2.21. The van der Waals surface area contributed by atoms with Crippen LogP contribution in [0.3, 0.4) is 0 Å². The van der Waals surface area contributed by atoms with Crippen molar-refractivity contribution in [3.8, 4) is 5.75 Å². The van der Waals surface area contributed by atoms with Crippen LogP contribution in [0, 0.1) is 17.2 Å². The van der Waals surface area contributed by atoms with Gasteiger partial charge in [0, 0.05) is 62.7 Å². The molecule has 1 fully saturated rings. The van der Waals surface area contributed by atoms with Gasteiger partial charge in [-0.25, -0.2) is 14.8 Å². The Labute approximate surface area is 495 Å². The van der Waals surface area contributed by atoms with Crippen LogP contribution in [0.1, 0.15) is 83.0 Å². The molecule has 7 amide bonds. The number of carbonyl (C=O) groups is 9. The van der Waals surface area contributed by atoms with Crippen LogP contribution in [0.15, 0.2) is 109 Å². The van der Waals surface area contributed by atoms with E-state index in [0.717, 1.165) is 0 Å². The summed E-state index contributed by atoms with van der Waals surface area (Å²) in [6.45, 7) is 6.96. The summed E-state index contributed by atoms with van der Waals surface area (Å²) in [6.07, 6.45) is 6.14. The lowest BCUT2D eigenvalue weighted by Crippen LogP contribution is -2.62. The van der Waals surface area contributed by atoms with Gasteiger partial charge in [-0.05, 0) is 72.9 Å². The van der Waals surface area contributed by atoms with Crippen molar-refractivity contribution in [2.24, 2.45) is 23.3 Å². The van der Waals surface area contributed by atoms with Gasteiger partial charge in [-0.15, -0.1) is 0 Å². The molecule has 1 saturated heterocycles. The summed E-state index contributed by atoms with van der Waals surface area (Å²) in [5.41, 5.74) is 13.4. The normalized spacial score (nSPS) is 15.6. The zero-order chi connectivity index (χ0) is 63.0. The fourth-order valence-electron chi connectivity index (χ4n) is 9.32. The van der Waals surface area contributed by atoms with Crippen molar-refractivity contribution in [1.29, 1.82) is 5.41 Å². The molecule has 86 heavy (non-hydrogen) atoms. The van der Waals surface area contributed by atoms with E-state index in [1.54, 1.807) is 76.4 Å². The fourth-order valence-corrected chi connectivity index (χ4v) is 9.32. The predicted octanol–water partition coefficient (Wildman–Crippen LogP) is -0.411. The van der Waals surface area contributed by atoms with E-state index in [9.17, 15) is 58.2 Å². The number of carboxylic acids is 2. The third kappa shape index (κ3) is 20.6. The van der Waals surface area contributed by atoms with Crippen molar-refractivity contribution in [2.45, 2.75) is 134 Å². The highest BCUT2D eigenvalue weighted by atomic mass is 16.4. The van der Waals surface area contributed by atoms with Crippen LogP contribution in [-0.4, -0.2) is 160 Å². The van der Waals surface area contributed by atoms with E-state index in [1.165, 1.54) is 58.4 Å². The second kappa shape index (κ2) is 32.9. The van der Waals surface area contributed by atoms with E-state index in [4.69, 9.17) is 22.0 Å². The molecular weight excluding hydrogens is 1110 g/mol. The number of imidazole rings is 1. The molecule has 1 aliphatic heterocycles. The molecule has 4 heterocycles. The van der Waals surface area contributed by atoms with Crippen LogP contribution < -0.4 is 54.2 Å². The number of aromatic nitrogens is 4. The Bertz CT molecular complexity index is 3180. The lowest BCUT2D eigenvalue weighted by Gasteiger charge is -2.32. The van der Waals surface area contributed by atoms with Crippen molar-refractivity contribution < 1.29 is 58.5 Å². The van der Waals surface area contributed by atoms with E-state index in [1.807, 2.05) is 6.07 Å². The number of likely N-dealkylation sites (tertiary alicyclic amines) is 1. The minimum absolute atomic E-state index is 0.00272. The van der Waals surface area contributed by atoms with Gasteiger partial charge in [0.25, 0.3) is 5.56 Å². The molecule has 0 aliphatic carbocycles. The Morgan fingerprint density at radius 3 is 2.00 bits per heavy atom. The number of benzene rings is 2. The highest BCUT2D eigenvalue weighted by Gasteiger charge is 2.41. The molecule has 9 atom stereocenters. The number of nitrogens with one attached hydrogen (secondary N) is 9. The molecule has 5 aromatic rings. The number of phenols is 1. The Kier molecular flexibility index (Phi) is 25.7. The number of carbonyl (C=O) groups excluding carboxylic acids is 7. The zero-order valence-electron chi connectivity index (χ0n) is 48.2. The molecular formula is C58H77N15O13. The Morgan fingerprint density at radius 1 is 0.744 bits per heavy atom. The summed E-state index contributed by atoms with van der Waals surface area (Å²) in [5, 5.41) is 55.1. The van der Waals surface area contributed by atoms with E-state index in [-0.39, 0.29) is 68.9 Å². The number of aromatic hydroxyl groups is 1. The fraction of sp³-hybridized carbons (Fsp3) is 0.431. The van der Waals surface area contributed by atoms with Crippen LogP contribution in [-0.2, 0) is 62.4 Å². The van der Waals surface area contributed by atoms with Crippen LogP contribution >= 0.6 is 0 Å². The number of nitrogens with zero attached hydrogens (tertiary/aromatic N) is 4. The van der Waals surface area contributed by atoms with E-state index >= 15 is 0 Å². The number of amides is 7. The molecule has 28 nitrogen and oxygen atoms in total. The second-order valence-electron chi connectivity index (χ2n) is 21.1. The topological polar surface area (TPSA) is 441 Å². The van der Waals surface area contributed by atoms with Gasteiger partial charge in [0.1, 0.15) is 53.7 Å². The number of hydrogen-bond donors (Lipinski definition) is 14. The highest BCUT2D eigenvalue weighted by molar-refractivity contribution is 5.98. The van der Waals surface area contributed by atoms with Gasteiger partial charge in [0.15, 0.2) is 5.96 Å². The number of aliphatic carboxylic acids is 2. The zero-order valence-corrected chi connectivity index (χ0v) is 48.2. The molecule has 0 radical (unpaired) electrons. The lowest BCUT2D eigenvalue weighted by atomic mass is 9.96. The maximum Gasteiger partial charge on any atom is 0.326 e. The first kappa shape index (κ1) is 67.1. The molecule has 0 saturated carbocycles. The van der Waals surface area contributed by atoms with Crippen molar-refractivity contribution >= 4 is 64.9 Å². The van der Waals surface area contributed by atoms with E-state index in [2.05, 4.69) is 52.2 Å². The summed E-state index contributed by atoms with van der Waals surface area (Å²) in [4.78, 5) is 145. The first-order chi connectivity index (χ1) is 40.9. The molecule has 3 aromatic heterocycles. The molecule has 0 unspecified atom stereocenters. The van der Waals surface area contributed by atoms with Gasteiger partial charge < -0.3 is 73.9 Å². The predicted molar refractivity (Wildman–Crippen MR) is 313 cm³/mol. The summed E-state index contributed by atoms with van der Waals surface area (Å²) in [7, 11) is 0. The Balaban J connectivity index is 0.00000109. The van der Waals surface area contributed by atoms with E-state index < -0.39 is 120 Å². The van der Waals surface area contributed by atoms with Gasteiger partial charge in [-0.1, -0.05) is 82.6 Å². The number of rotatable bonds is 29. The van der Waals surface area contributed by atoms with Gasteiger partial charge in [-0.2, -0.15) is 0 Å². The largest absolute Gasteiger partial charge is 0.508 e. The third-order valence-electron chi connectivity index (χ3n) is 14.2. The smallest absolute Gasteiger partial charge is 0.326 e. The number of pyridine rings is 1. The summed E-state index contributed by atoms with van der Waals surface area (Å²) < 4.78 is 1.50. The molecule has 462 valence electrons. The van der Waals surface area contributed by atoms with Crippen molar-refractivity contribution in [3.05, 3.63) is 131 Å². The van der Waals surface area contributed by atoms with Crippen LogP contribution in [0.25, 0.3) is 5.65 Å². The van der Waals surface area contributed by atoms with Crippen molar-refractivity contribution in [3.63, 3.8) is 0 Å². The SMILES string of the molecule is CC[C@H](C)[C@H](NC(=O)[C@H](Cc1ccc(O)cc1)NC(=O)[C@@H](NC(=O)[C@H](CCCNC(=N)N)NC(=O)[C@@H](N)CC(=O)O)C(C)C)C(=O)N[C@@H](Cc1cnc[nH]1)C(=O)N1CCC[C@H]1C(=O)N[C@@H](Cc1ccccc1)C(=O)O.O=c1ccnc2ccccn12. The Morgan fingerprint density at radius 2 is 1.37 bits per heavy atom. The number of nitrogens with two attached hydrogens (primary N) is 2. The van der Waals surface area contributed by atoms with Crippen LogP contribution in [0.4, 0.5) is 0 Å². The molecule has 0 spiro atoms. The van der Waals surface area contributed by atoms with Gasteiger partial charge in [0.2, 0.25) is 41.4 Å². The van der Waals surface area contributed by atoms with Crippen molar-refractivity contribution in [1.82, 2.24) is 61.5 Å². The van der Waals surface area contributed by atoms with E-state index in [0.29, 0.717) is 35.3 Å². The van der Waals surface area contributed by atoms with Crippen molar-refractivity contribution in [2.75, 3.05) is 13.1 Å². The summed E-state index contributed by atoms with van der Waals surface area (Å²) >= 11 is 0. The maximum atomic E-state index is 14.6. The Hall–Kier alpha value is -9.73. The number of phenolic OH excluding ortho intramolecular Hbond substituents is 1. The minimum atomic E-state index is -1.51. The quantitative estimate of drug-likeness (QED) is 0.0164. The number of carboxylic acid groups (broad SMARTS) is 2. The summed E-state index contributed by atoms with van der Waals surface area (Å²) in [6, 6.07) is 10.8. The number of guanidine groups is 1. The number of fused-ring (bicyclic) bond motifs is 1. The van der Waals surface area contributed by atoms with Gasteiger partial charge in [-0.3, -0.25) is 53.0 Å². The molecule has 1 aliphatic rings. The number of aromatic amines is 1. The first-order valence-electron chi connectivity index (χ1n) is 28.1. The lowest BCUT2D eigenvalue weighted by molar-refractivity contribution is -0.145. The molecule has 6 rings (SSSR count). The molecule has 2 aromatic carbocycles. The standard InChI is InChI=1S/C50H71N13O12.C8H6N2O/c1-5-28(4)41(47(72)59-36(23-31-25-54-26-56-31)48(73)63-20-10-14-38(63)45(70)60-37(49(74)75)22-29-11-7-6-8-12-29)62-44(69)35(21-30-15-17-32(64)18-16-30)58-46(71)40(27(2)3)61-43(68)34(13-9-19-55-50(52)53)57-42(67)33(51)24-39(65)66;11-8-4-5-9-7-3-1-2-6-10(7)8/h6-8,11-12,15-18,25-28,33-38,40-41,64H,5,9-10,13-14,19-24,51H2,1-4H3,(H,54,56)(H,57,67)(H,58,71)(H,59,72)(H,60,70)(H,61,68)(H,62,69)(H,65,66)(H,74,75)(H4,52,53,55);1-6H/t28-,33-,34-,35-,36-,37-,38-,40-,41-;/m0./s1. The van der Waals surface area contributed by atoms with Gasteiger partial charge >= 0.3 is 11.9 Å². The van der Waals surface area contributed by atoms with Crippen LogP contribution in [0.2, 0.25) is 0 Å². The minimum Gasteiger partial charge on any atom is -0.508 e. The summed E-state index contributed by atoms with van der Waals surface area (Å²) in [5.74, 6) is -9.79. The maximum absolute atomic E-state index is 14.6. The molecule has 16 N–H and O–H groups in total. The number of hydrogen-bond acceptors (Lipinski definition) is 15.